The highest BCUT2D eigenvalue weighted by Crippen LogP contribution is 2.19. The maximum absolute atomic E-state index is 12.9. The molecule has 1 heterocycles. The van der Waals surface area contributed by atoms with Crippen LogP contribution in [0.3, 0.4) is 0 Å². The summed E-state index contributed by atoms with van der Waals surface area (Å²) >= 11 is 0. The minimum atomic E-state index is -0.618. The number of esters is 2. The number of aliphatic hydroxyl groups is 1. The molecule has 0 aliphatic rings. The summed E-state index contributed by atoms with van der Waals surface area (Å²) in [6, 6.07) is 1.72. The molecule has 0 aromatic carbocycles. The zero-order valence-electron chi connectivity index (χ0n) is 44.2. The monoisotopic (exact) mass is 964 g/mol. The van der Waals surface area contributed by atoms with E-state index < -0.39 is 6.10 Å². The third-order valence-corrected chi connectivity index (χ3v) is 12.7. The van der Waals surface area contributed by atoms with Gasteiger partial charge < -0.3 is 44.0 Å². The van der Waals surface area contributed by atoms with E-state index in [9.17, 15) is 19.5 Å². The average molecular weight is 964 g/mol. The summed E-state index contributed by atoms with van der Waals surface area (Å²) in [4.78, 5) is 42.4. The van der Waals surface area contributed by atoms with Crippen LogP contribution in [0.25, 0.3) is 0 Å². The topological polar surface area (TPSA) is 149 Å². The number of carbonyl (C=O) groups excluding carboxylic acids is 3. The quantitative estimate of drug-likeness (QED) is 0.0425. The number of amides is 1. The molecule has 1 rings (SSSR count). The van der Waals surface area contributed by atoms with Crippen LogP contribution >= 0.6 is 0 Å². The van der Waals surface area contributed by atoms with Crippen molar-refractivity contribution in [3.63, 3.8) is 0 Å². The maximum atomic E-state index is 12.9. The Labute approximate surface area is 416 Å². The first-order valence-corrected chi connectivity index (χ1v) is 28.3. The summed E-state index contributed by atoms with van der Waals surface area (Å²) in [6.45, 7) is 12.2. The predicted molar refractivity (Wildman–Crippen MR) is 278 cm³/mol. The number of hydrogen-bond donors (Lipinski definition) is 3. The molecule has 1 unspecified atom stereocenters. The number of aliphatic hydroxyl groups excluding tert-OH is 1. The van der Waals surface area contributed by atoms with Crippen molar-refractivity contribution >= 4 is 17.8 Å². The van der Waals surface area contributed by atoms with Crippen LogP contribution in [0.1, 0.15) is 243 Å². The standard InChI is InChI=1S/C56H105N3O9/c1-4-7-10-13-16-17-18-24-32-42-67-54(61)35-29-25-31-41-59(49-52(60)50-66-47-46-65-45-44-64-43-39-58-56(63)51-37-38-57-48-51)40-30-23-19-22-28-36-55(62)68-53(33-26-20-14-11-8-5-2)34-27-21-15-12-9-6-3/h37-38,48,52-53,57,60H,4-36,39-47,49-50H2,1-3H3,(H,58,63). The third-order valence-electron chi connectivity index (χ3n) is 12.7. The predicted octanol–water partition coefficient (Wildman–Crippen LogP) is 12.8. The van der Waals surface area contributed by atoms with Crippen molar-refractivity contribution < 1.29 is 43.2 Å². The highest BCUT2D eigenvalue weighted by molar-refractivity contribution is 5.93. The number of ether oxygens (including phenoxy) is 5. The number of nitrogens with zero attached hydrogens (tertiary/aromatic N) is 1. The van der Waals surface area contributed by atoms with E-state index in [4.69, 9.17) is 23.7 Å². The van der Waals surface area contributed by atoms with Crippen molar-refractivity contribution in [2.24, 2.45) is 0 Å². The van der Waals surface area contributed by atoms with E-state index in [0.29, 0.717) is 71.1 Å². The Morgan fingerprint density at radius 3 is 1.59 bits per heavy atom. The van der Waals surface area contributed by atoms with Crippen molar-refractivity contribution in [3.8, 4) is 0 Å². The SMILES string of the molecule is CCCCCCCCCCCOC(=O)CCCCCN(CCCCCCCC(=O)OC(CCCCCCCC)CCCCCCCC)CC(O)COCCOCCOCCNC(=O)c1cc[nH]c1. The summed E-state index contributed by atoms with van der Waals surface area (Å²) < 4.78 is 28.5. The van der Waals surface area contributed by atoms with Crippen LogP contribution in [0.15, 0.2) is 18.5 Å². The summed E-state index contributed by atoms with van der Waals surface area (Å²) in [5.74, 6) is -0.247. The Balaban J connectivity index is 2.38. The Morgan fingerprint density at radius 1 is 0.559 bits per heavy atom. The molecule has 3 N–H and O–H groups in total. The number of rotatable bonds is 53. The zero-order chi connectivity index (χ0) is 49.2. The highest BCUT2D eigenvalue weighted by atomic mass is 16.6. The summed E-state index contributed by atoms with van der Waals surface area (Å²) in [5.41, 5.74) is 0.593. The Bertz CT molecular complexity index is 1220. The Morgan fingerprint density at radius 2 is 1.03 bits per heavy atom. The van der Waals surface area contributed by atoms with Gasteiger partial charge in [0, 0.05) is 38.3 Å². The molecule has 1 aromatic heterocycles. The van der Waals surface area contributed by atoms with Crippen LogP contribution in [0.4, 0.5) is 0 Å². The molecular weight excluding hydrogens is 859 g/mol. The molecule has 398 valence electrons. The van der Waals surface area contributed by atoms with Gasteiger partial charge >= 0.3 is 11.9 Å². The van der Waals surface area contributed by atoms with Gasteiger partial charge in [-0.05, 0) is 76.9 Å². The van der Waals surface area contributed by atoms with E-state index in [1.54, 1.807) is 18.5 Å². The van der Waals surface area contributed by atoms with Crippen molar-refractivity contribution in [1.82, 2.24) is 15.2 Å². The van der Waals surface area contributed by atoms with Crippen LogP contribution in [0.2, 0.25) is 0 Å². The summed E-state index contributed by atoms with van der Waals surface area (Å²) in [6.07, 6.45) is 39.9. The molecule has 0 spiro atoms. The van der Waals surface area contributed by atoms with Crippen molar-refractivity contribution in [2.75, 3.05) is 72.4 Å². The molecule has 0 saturated heterocycles. The third kappa shape index (κ3) is 42.4. The molecule has 12 nitrogen and oxygen atoms in total. The second-order valence-electron chi connectivity index (χ2n) is 19.2. The zero-order valence-corrected chi connectivity index (χ0v) is 44.2. The Kier molecular flexibility index (Phi) is 46.2. The smallest absolute Gasteiger partial charge is 0.306 e. The van der Waals surface area contributed by atoms with Crippen LogP contribution in [-0.4, -0.2) is 117 Å². The molecule has 0 fully saturated rings. The normalized spacial score (nSPS) is 12.0. The van der Waals surface area contributed by atoms with E-state index in [0.717, 1.165) is 103 Å². The number of nitrogens with one attached hydrogen (secondary N) is 2. The molecule has 1 amide bonds. The fourth-order valence-corrected chi connectivity index (χ4v) is 8.51. The number of unbranched alkanes of at least 4 members (excludes halogenated alkanes) is 24. The number of H-pyrrole nitrogens is 1. The number of carbonyl (C=O) groups is 3. The molecule has 1 atom stereocenters. The summed E-state index contributed by atoms with van der Waals surface area (Å²) in [5, 5.41) is 13.7. The number of aromatic amines is 1. The van der Waals surface area contributed by atoms with Crippen LogP contribution < -0.4 is 5.32 Å². The Hall–Kier alpha value is -2.51. The van der Waals surface area contributed by atoms with Gasteiger partial charge in [0.15, 0.2) is 0 Å². The lowest BCUT2D eigenvalue weighted by atomic mass is 10.0. The minimum absolute atomic E-state index is 0.0233. The van der Waals surface area contributed by atoms with Crippen molar-refractivity contribution in [2.45, 2.75) is 245 Å². The van der Waals surface area contributed by atoms with Gasteiger partial charge in [-0.3, -0.25) is 14.4 Å². The minimum Gasteiger partial charge on any atom is -0.466 e. The molecule has 12 heteroatoms. The van der Waals surface area contributed by atoms with Crippen molar-refractivity contribution in [1.29, 1.82) is 0 Å². The molecular formula is C56H105N3O9. The van der Waals surface area contributed by atoms with E-state index in [2.05, 4.69) is 36.0 Å². The number of aromatic nitrogens is 1. The van der Waals surface area contributed by atoms with Crippen LogP contribution in [-0.2, 0) is 33.3 Å². The number of hydrogen-bond acceptors (Lipinski definition) is 10. The summed E-state index contributed by atoms with van der Waals surface area (Å²) in [7, 11) is 0. The van der Waals surface area contributed by atoms with Gasteiger partial charge in [-0.15, -0.1) is 0 Å². The molecule has 0 bridgehead atoms. The first-order valence-electron chi connectivity index (χ1n) is 28.3. The molecule has 0 aliphatic heterocycles. The maximum Gasteiger partial charge on any atom is 0.306 e. The fourth-order valence-electron chi connectivity index (χ4n) is 8.51. The van der Waals surface area contributed by atoms with E-state index in [1.165, 1.54) is 109 Å². The average Bonchev–Trinajstić information content (AvgIpc) is 3.88. The van der Waals surface area contributed by atoms with Gasteiger partial charge in [-0.1, -0.05) is 162 Å². The van der Waals surface area contributed by atoms with E-state index in [1.807, 2.05) is 0 Å². The lowest BCUT2D eigenvalue weighted by Gasteiger charge is -2.25. The highest BCUT2D eigenvalue weighted by Gasteiger charge is 2.16. The molecule has 0 radical (unpaired) electrons. The second kappa shape index (κ2) is 49.5. The second-order valence-corrected chi connectivity index (χ2v) is 19.2. The van der Waals surface area contributed by atoms with E-state index in [-0.39, 0.29) is 30.6 Å². The lowest BCUT2D eigenvalue weighted by Crippen LogP contribution is -2.36. The largest absolute Gasteiger partial charge is 0.466 e. The van der Waals surface area contributed by atoms with Gasteiger partial charge in [0.05, 0.1) is 57.9 Å². The van der Waals surface area contributed by atoms with Gasteiger partial charge in [-0.2, -0.15) is 0 Å². The molecule has 0 saturated carbocycles. The van der Waals surface area contributed by atoms with E-state index >= 15 is 0 Å². The van der Waals surface area contributed by atoms with Crippen LogP contribution in [0, 0.1) is 0 Å². The molecule has 0 aliphatic carbocycles. The van der Waals surface area contributed by atoms with Crippen molar-refractivity contribution in [3.05, 3.63) is 24.0 Å². The van der Waals surface area contributed by atoms with Gasteiger partial charge in [0.2, 0.25) is 0 Å². The van der Waals surface area contributed by atoms with Gasteiger partial charge in [-0.25, -0.2) is 0 Å². The first-order chi connectivity index (χ1) is 33.4. The fraction of sp³-hybridized carbons (Fsp3) is 0.875. The molecule has 1 aromatic rings. The first kappa shape index (κ1) is 63.5. The van der Waals surface area contributed by atoms with Crippen LogP contribution in [0.5, 0.6) is 0 Å². The lowest BCUT2D eigenvalue weighted by molar-refractivity contribution is -0.150. The molecule has 68 heavy (non-hydrogen) atoms. The van der Waals surface area contributed by atoms with Gasteiger partial charge in [0.25, 0.3) is 5.91 Å². The van der Waals surface area contributed by atoms with Gasteiger partial charge in [0.1, 0.15) is 6.10 Å².